The molecule has 29 heavy (non-hydrogen) atoms. The summed E-state index contributed by atoms with van der Waals surface area (Å²) >= 11 is 2.87. The van der Waals surface area contributed by atoms with Gasteiger partial charge in [0.15, 0.2) is 17.6 Å². The molecule has 2 aromatic heterocycles. The van der Waals surface area contributed by atoms with Crippen LogP contribution < -0.4 is 10.5 Å². The first-order chi connectivity index (χ1) is 13.8. The Morgan fingerprint density at radius 3 is 2.76 bits per heavy atom. The maximum absolute atomic E-state index is 12.3. The smallest absolute Gasteiger partial charge is 0.422 e. The van der Waals surface area contributed by atoms with Crippen molar-refractivity contribution >= 4 is 29.0 Å². The zero-order valence-electron chi connectivity index (χ0n) is 15.1. The number of halogens is 3. The number of aromatic nitrogens is 3. The van der Waals surface area contributed by atoms with Gasteiger partial charge in [0.2, 0.25) is 5.91 Å². The van der Waals surface area contributed by atoms with E-state index in [1.807, 2.05) is 22.1 Å². The van der Waals surface area contributed by atoms with Crippen molar-refractivity contribution in [1.82, 2.24) is 14.8 Å². The highest BCUT2D eigenvalue weighted by Crippen LogP contribution is 2.30. The van der Waals surface area contributed by atoms with Crippen LogP contribution in [0.15, 0.2) is 46.9 Å². The monoisotopic (exact) mass is 442 g/mol. The molecule has 2 heterocycles. The van der Waals surface area contributed by atoms with Gasteiger partial charge in [-0.25, -0.2) is 0 Å². The van der Waals surface area contributed by atoms with E-state index in [1.54, 1.807) is 18.2 Å². The molecule has 0 spiro atoms. The quantitative estimate of drug-likeness (QED) is 0.504. The lowest BCUT2D eigenvalue weighted by Crippen LogP contribution is -2.19. The van der Waals surface area contributed by atoms with Gasteiger partial charge >= 0.3 is 6.18 Å². The van der Waals surface area contributed by atoms with Gasteiger partial charge in [-0.05, 0) is 29.1 Å². The average molecular weight is 442 g/mol. The van der Waals surface area contributed by atoms with Crippen molar-refractivity contribution in [2.75, 3.05) is 6.61 Å². The third kappa shape index (κ3) is 6.23. The molecule has 0 unspecified atom stereocenters. The molecule has 0 radical (unpaired) electrons. The summed E-state index contributed by atoms with van der Waals surface area (Å²) in [6, 6.07) is 10.3. The van der Waals surface area contributed by atoms with Gasteiger partial charge in [0.25, 0.3) is 0 Å². The molecule has 0 saturated heterocycles. The molecule has 0 aliphatic rings. The molecule has 1 aromatic carbocycles. The van der Waals surface area contributed by atoms with Crippen LogP contribution in [0, 0.1) is 0 Å². The molecule has 0 atom stereocenters. The Balaban J connectivity index is 1.72. The number of nitrogens with zero attached hydrogens (tertiary/aromatic N) is 3. The highest BCUT2D eigenvalue weighted by Gasteiger charge is 2.28. The summed E-state index contributed by atoms with van der Waals surface area (Å²) in [6.07, 6.45) is -4.25. The number of carbonyl (C=O) groups excluding carboxylic acids is 1. The minimum Gasteiger partial charge on any atom is -0.484 e. The zero-order valence-corrected chi connectivity index (χ0v) is 16.7. The Hall–Kier alpha value is -2.53. The summed E-state index contributed by atoms with van der Waals surface area (Å²) in [7, 11) is 0. The molecule has 0 fully saturated rings. The van der Waals surface area contributed by atoms with Gasteiger partial charge in [-0.15, -0.1) is 21.5 Å². The van der Waals surface area contributed by atoms with Gasteiger partial charge in [0, 0.05) is 18.7 Å². The second-order valence-electron chi connectivity index (χ2n) is 5.99. The molecule has 0 aliphatic heterocycles. The fraction of sp³-hybridized carbons (Fsp3) is 0.278. The minimum atomic E-state index is -4.39. The summed E-state index contributed by atoms with van der Waals surface area (Å²) in [5, 5.41) is 10.9. The molecule has 3 rings (SSSR count). The molecule has 0 bridgehead atoms. The summed E-state index contributed by atoms with van der Waals surface area (Å²) in [4.78, 5) is 12.1. The number of alkyl halides is 3. The summed E-state index contributed by atoms with van der Waals surface area (Å²) < 4.78 is 43.6. The van der Waals surface area contributed by atoms with Crippen molar-refractivity contribution in [3.63, 3.8) is 0 Å². The van der Waals surface area contributed by atoms with Crippen LogP contribution in [0.2, 0.25) is 0 Å². The van der Waals surface area contributed by atoms with Crippen LogP contribution in [0.1, 0.15) is 12.0 Å². The lowest BCUT2D eigenvalue weighted by atomic mass is 10.2. The SMILES string of the molecule is NC(=O)CCn1c(SCc2cccc(OCC(F)(F)F)c2)nnc1-c1cccs1. The van der Waals surface area contributed by atoms with E-state index in [0.29, 0.717) is 23.3 Å². The predicted molar refractivity (Wildman–Crippen MR) is 105 cm³/mol. The van der Waals surface area contributed by atoms with Crippen LogP contribution in [0.4, 0.5) is 13.2 Å². The number of hydrogen-bond acceptors (Lipinski definition) is 6. The number of primary amides is 1. The molecule has 0 saturated carbocycles. The van der Waals surface area contributed by atoms with E-state index in [0.717, 1.165) is 10.4 Å². The molecule has 0 aliphatic carbocycles. The number of thioether (sulfide) groups is 1. The van der Waals surface area contributed by atoms with Crippen LogP contribution in [0.25, 0.3) is 10.7 Å². The van der Waals surface area contributed by atoms with Crippen molar-refractivity contribution in [2.24, 2.45) is 5.73 Å². The Labute approximate surface area is 172 Å². The summed E-state index contributed by atoms with van der Waals surface area (Å²) in [5.74, 6) is 0.810. The molecule has 11 heteroatoms. The van der Waals surface area contributed by atoms with E-state index >= 15 is 0 Å². The van der Waals surface area contributed by atoms with Gasteiger partial charge in [0.1, 0.15) is 5.75 Å². The van der Waals surface area contributed by atoms with Gasteiger partial charge in [-0.2, -0.15) is 13.2 Å². The van der Waals surface area contributed by atoms with Gasteiger partial charge in [-0.3, -0.25) is 4.79 Å². The fourth-order valence-corrected chi connectivity index (χ4v) is 4.07. The maximum atomic E-state index is 12.3. The third-order valence-electron chi connectivity index (χ3n) is 3.71. The van der Waals surface area contributed by atoms with Crippen LogP contribution in [0.5, 0.6) is 5.75 Å². The van der Waals surface area contributed by atoms with Crippen molar-refractivity contribution in [2.45, 2.75) is 30.1 Å². The Morgan fingerprint density at radius 1 is 1.24 bits per heavy atom. The van der Waals surface area contributed by atoms with E-state index in [9.17, 15) is 18.0 Å². The summed E-state index contributed by atoms with van der Waals surface area (Å²) in [5.41, 5.74) is 6.05. The zero-order chi connectivity index (χ0) is 20.9. The van der Waals surface area contributed by atoms with E-state index in [4.69, 9.17) is 10.5 Å². The number of nitrogens with two attached hydrogens (primary N) is 1. The Bertz CT molecular complexity index is 958. The van der Waals surface area contributed by atoms with Crippen LogP contribution in [-0.2, 0) is 17.1 Å². The third-order valence-corrected chi connectivity index (χ3v) is 5.61. The first-order valence-electron chi connectivity index (χ1n) is 8.48. The Kier molecular flexibility index (Phi) is 6.80. The lowest BCUT2D eigenvalue weighted by molar-refractivity contribution is -0.153. The van der Waals surface area contributed by atoms with Crippen LogP contribution in [-0.4, -0.2) is 33.5 Å². The first kappa shape index (κ1) is 21.2. The van der Waals surface area contributed by atoms with Crippen molar-refractivity contribution in [1.29, 1.82) is 0 Å². The second kappa shape index (κ2) is 9.31. The Morgan fingerprint density at radius 2 is 2.07 bits per heavy atom. The van der Waals surface area contributed by atoms with E-state index in [2.05, 4.69) is 10.2 Å². The van der Waals surface area contributed by atoms with Crippen LogP contribution in [0.3, 0.4) is 0 Å². The topological polar surface area (TPSA) is 83.0 Å². The first-order valence-corrected chi connectivity index (χ1v) is 10.3. The molecular weight excluding hydrogens is 425 g/mol. The number of rotatable bonds is 9. The molecule has 1 amide bonds. The van der Waals surface area contributed by atoms with E-state index in [-0.39, 0.29) is 12.2 Å². The fourth-order valence-electron chi connectivity index (χ4n) is 2.45. The van der Waals surface area contributed by atoms with Crippen molar-refractivity contribution < 1.29 is 22.7 Å². The van der Waals surface area contributed by atoms with Gasteiger partial charge in [0.05, 0.1) is 4.88 Å². The van der Waals surface area contributed by atoms with Crippen molar-refractivity contribution in [3.8, 4) is 16.5 Å². The summed E-state index contributed by atoms with van der Waals surface area (Å²) in [6.45, 7) is -0.998. The maximum Gasteiger partial charge on any atom is 0.422 e. The number of hydrogen-bond donors (Lipinski definition) is 1. The molecular formula is C18H17F3N4O2S2. The second-order valence-corrected chi connectivity index (χ2v) is 7.88. The number of amides is 1. The number of benzene rings is 1. The highest BCUT2D eigenvalue weighted by molar-refractivity contribution is 7.98. The number of carbonyl (C=O) groups is 1. The van der Waals surface area contributed by atoms with Gasteiger partial charge < -0.3 is 15.0 Å². The predicted octanol–water partition coefficient (Wildman–Crippen LogP) is 4.12. The van der Waals surface area contributed by atoms with Crippen LogP contribution >= 0.6 is 23.1 Å². The molecule has 154 valence electrons. The largest absolute Gasteiger partial charge is 0.484 e. The number of thiophene rings is 1. The lowest BCUT2D eigenvalue weighted by Gasteiger charge is -2.11. The average Bonchev–Trinajstić information content (AvgIpc) is 3.32. The van der Waals surface area contributed by atoms with E-state index < -0.39 is 18.7 Å². The van der Waals surface area contributed by atoms with Gasteiger partial charge in [-0.1, -0.05) is 30.0 Å². The minimum absolute atomic E-state index is 0.144. The molecule has 3 aromatic rings. The van der Waals surface area contributed by atoms with E-state index in [1.165, 1.54) is 29.2 Å². The van der Waals surface area contributed by atoms with Crippen molar-refractivity contribution in [3.05, 3.63) is 47.3 Å². The number of ether oxygens (including phenoxy) is 1. The normalized spacial score (nSPS) is 11.6. The molecule has 2 N–H and O–H groups in total. The molecule has 6 nitrogen and oxygen atoms in total. The highest BCUT2D eigenvalue weighted by atomic mass is 32.2. The standard InChI is InChI=1S/C18H17F3N4O2S2/c19-18(20,21)11-27-13-4-1-3-12(9-13)10-29-17-24-23-16(14-5-2-8-28-14)25(17)7-6-15(22)26/h1-5,8-9H,6-7,10-11H2,(H2,22,26).